The first-order valence-corrected chi connectivity index (χ1v) is 4.30. The average Bonchev–Trinajstić information content (AvgIpc) is 2.51. The van der Waals surface area contributed by atoms with Crippen LogP contribution in [-0.2, 0) is 11.8 Å². The summed E-state index contributed by atoms with van der Waals surface area (Å²) in [5.74, 6) is -0.0672. The minimum Gasteiger partial charge on any atom is -0.371 e. The number of nitrogens with zero attached hydrogens (tertiary/aromatic N) is 2. The summed E-state index contributed by atoms with van der Waals surface area (Å²) in [5.41, 5.74) is 0.462. The van der Waals surface area contributed by atoms with Gasteiger partial charge in [-0.25, -0.2) is 0 Å². The van der Waals surface area contributed by atoms with Gasteiger partial charge in [0.2, 0.25) is 5.78 Å². The van der Waals surface area contributed by atoms with Crippen molar-refractivity contribution < 1.29 is 9.53 Å². The fraction of sp³-hybridized carbons (Fsp3) is 0.556. The van der Waals surface area contributed by atoms with Crippen LogP contribution in [0.15, 0.2) is 12.3 Å². The summed E-state index contributed by atoms with van der Waals surface area (Å²) in [5, 5.41) is 4.00. The Balaban J connectivity index is 2.67. The van der Waals surface area contributed by atoms with E-state index in [1.54, 1.807) is 30.9 Å². The highest BCUT2D eigenvalue weighted by molar-refractivity contribution is 5.97. The van der Waals surface area contributed by atoms with E-state index >= 15 is 0 Å². The molecule has 1 atom stereocenters. The molecule has 0 aliphatic carbocycles. The molecular formula is C9H14N2O2. The van der Waals surface area contributed by atoms with Crippen molar-refractivity contribution in [3.8, 4) is 0 Å². The van der Waals surface area contributed by atoms with Gasteiger partial charge < -0.3 is 4.74 Å². The lowest BCUT2D eigenvalue weighted by Gasteiger charge is -2.07. The molecule has 0 N–H and O–H groups in total. The molecule has 1 aromatic heterocycles. The van der Waals surface area contributed by atoms with Crippen molar-refractivity contribution in [2.45, 2.75) is 20.0 Å². The first-order chi connectivity index (χ1) is 6.15. The third-order valence-electron chi connectivity index (χ3n) is 1.75. The normalized spacial score (nSPS) is 12.8. The first kappa shape index (κ1) is 9.92. The third kappa shape index (κ3) is 2.39. The predicted octanol–water partition coefficient (Wildman–Crippen LogP) is 1.03. The molecule has 0 bridgehead atoms. The summed E-state index contributed by atoms with van der Waals surface area (Å²) in [6.07, 6.45) is 1.34. The van der Waals surface area contributed by atoms with E-state index in [4.69, 9.17) is 4.74 Å². The Labute approximate surface area is 77.5 Å². The SMILES string of the molecule is CCOC(C)C(=O)c1ccn(C)n1. The second kappa shape index (κ2) is 4.18. The second-order valence-electron chi connectivity index (χ2n) is 2.84. The number of carbonyl (C=O) groups excluding carboxylic acids is 1. The van der Waals surface area contributed by atoms with Crippen LogP contribution >= 0.6 is 0 Å². The first-order valence-electron chi connectivity index (χ1n) is 4.30. The zero-order valence-electron chi connectivity index (χ0n) is 8.15. The van der Waals surface area contributed by atoms with Crippen LogP contribution in [0, 0.1) is 0 Å². The third-order valence-corrected chi connectivity index (χ3v) is 1.75. The van der Waals surface area contributed by atoms with Crippen LogP contribution in [0.3, 0.4) is 0 Å². The predicted molar refractivity (Wildman–Crippen MR) is 48.6 cm³/mol. The number of carbonyl (C=O) groups is 1. The van der Waals surface area contributed by atoms with E-state index in [9.17, 15) is 4.79 Å². The summed E-state index contributed by atoms with van der Waals surface area (Å²) in [7, 11) is 1.78. The van der Waals surface area contributed by atoms with Gasteiger partial charge in [0.25, 0.3) is 0 Å². The summed E-state index contributed by atoms with van der Waals surface area (Å²) in [4.78, 5) is 11.5. The number of ether oxygens (including phenoxy) is 1. The Bertz CT molecular complexity index is 294. The molecule has 1 unspecified atom stereocenters. The van der Waals surface area contributed by atoms with Crippen molar-refractivity contribution in [3.63, 3.8) is 0 Å². The molecule has 4 heteroatoms. The van der Waals surface area contributed by atoms with Crippen molar-refractivity contribution in [2.75, 3.05) is 6.61 Å². The molecule has 0 spiro atoms. The lowest BCUT2D eigenvalue weighted by Crippen LogP contribution is -2.21. The van der Waals surface area contributed by atoms with E-state index in [1.165, 1.54) is 0 Å². The number of hydrogen-bond donors (Lipinski definition) is 0. The van der Waals surface area contributed by atoms with Gasteiger partial charge in [-0.1, -0.05) is 0 Å². The molecule has 0 fully saturated rings. The average molecular weight is 182 g/mol. The number of hydrogen-bond acceptors (Lipinski definition) is 3. The minimum atomic E-state index is -0.403. The zero-order valence-corrected chi connectivity index (χ0v) is 8.15. The number of rotatable bonds is 4. The number of ketones is 1. The van der Waals surface area contributed by atoms with Crippen LogP contribution in [0.25, 0.3) is 0 Å². The van der Waals surface area contributed by atoms with E-state index in [1.807, 2.05) is 6.92 Å². The van der Waals surface area contributed by atoms with Crippen LogP contribution in [0.2, 0.25) is 0 Å². The van der Waals surface area contributed by atoms with Gasteiger partial charge in [0.05, 0.1) is 0 Å². The van der Waals surface area contributed by atoms with Gasteiger partial charge in [-0.2, -0.15) is 5.10 Å². The van der Waals surface area contributed by atoms with Crippen LogP contribution in [0.5, 0.6) is 0 Å². The largest absolute Gasteiger partial charge is 0.371 e. The minimum absolute atomic E-state index is 0.0672. The summed E-state index contributed by atoms with van der Waals surface area (Å²) in [6, 6.07) is 1.69. The van der Waals surface area contributed by atoms with E-state index in [-0.39, 0.29) is 5.78 Å². The maximum atomic E-state index is 11.5. The van der Waals surface area contributed by atoms with Gasteiger partial charge in [0.1, 0.15) is 11.8 Å². The molecular weight excluding hydrogens is 168 g/mol. The molecule has 0 saturated heterocycles. The molecule has 0 radical (unpaired) electrons. The molecule has 13 heavy (non-hydrogen) atoms. The van der Waals surface area contributed by atoms with Crippen LogP contribution in [0.4, 0.5) is 0 Å². The van der Waals surface area contributed by atoms with E-state index < -0.39 is 6.10 Å². The maximum absolute atomic E-state index is 11.5. The molecule has 0 saturated carbocycles. The Morgan fingerprint density at radius 3 is 2.92 bits per heavy atom. The van der Waals surface area contributed by atoms with E-state index in [0.717, 1.165) is 0 Å². The molecule has 0 aromatic carbocycles. The molecule has 0 aliphatic heterocycles. The van der Waals surface area contributed by atoms with E-state index in [0.29, 0.717) is 12.3 Å². The van der Waals surface area contributed by atoms with Crippen molar-refractivity contribution in [1.29, 1.82) is 0 Å². The van der Waals surface area contributed by atoms with Crippen LogP contribution in [-0.4, -0.2) is 28.3 Å². The smallest absolute Gasteiger partial charge is 0.211 e. The standard InChI is InChI=1S/C9H14N2O2/c1-4-13-7(2)9(12)8-5-6-11(3)10-8/h5-7H,4H2,1-3H3. The molecule has 1 heterocycles. The van der Waals surface area contributed by atoms with Gasteiger partial charge in [-0.3, -0.25) is 9.48 Å². The number of Topliss-reactive ketones (excluding diaryl/α,β-unsaturated/α-hetero) is 1. The number of aryl methyl sites for hydroxylation is 1. The highest BCUT2D eigenvalue weighted by Crippen LogP contribution is 2.02. The molecule has 1 aromatic rings. The van der Waals surface area contributed by atoms with Crippen molar-refractivity contribution in [2.24, 2.45) is 7.05 Å². The summed E-state index contributed by atoms with van der Waals surface area (Å²) >= 11 is 0. The lowest BCUT2D eigenvalue weighted by atomic mass is 10.2. The van der Waals surface area contributed by atoms with Crippen molar-refractivity contribution >= 4 is 5.78 Å². The molecule has 4 nitrogen and oxygen atoms in total. The monoisotopic (exact) mass is 182 g/mol. The quantitative estimate of drug-likeness (QED) is 0.653. The second-order valence-corrected chi connectivity index (χ2v) is 2.84. The molecule has 0 aliphatic rings. The molecule has 72 valence electrons. The fourth-order valence-electron chi connectivity index (χ4n) is 1.08. The summed E-state index contributed by atoms with van der Waals surface area (Å²) < 4.78 is 6.77. The van der Waals surface area contributed by atoms with Crippen molar-refractivity contribution in [3.05, 3.63) is 18.0 Å². The zero-order chi connectivity index (χ0) is 9.84. The summed E-state index contributed by atoms with van der Waals surface area (Å²) in [6.45, 7) is 4.14. The highest BCUT2D eigenvalue weighted by Gasteiger charge is 2.16. The van der Waals surface area contributed by atoms with Gasteiger partial charge in [0.15, 0.2) is 0 Å². The number of aromatic nitrogens is 2. The Morgan fingerprint density at radius 2 is 2.46 bits per heavy atom. The fourth-order valence-corrected chi connectivity index (χ4v) is 1.08. The Morgan fingerprint density at radius 1 is 1.77 bits per heavy atom. The van der Waals surface area contributed by atoms with Gasteiger partial charge in [0, 0.05) is 19.9 Å². The van der Waals surface area contributed by atoms with E-state index in [2.05, 4.69) is 5.10 Å². The van der Waals surface area contributed by atoms with Crippen LogP contribution < -0.4 is 0 Å². The Kier molecular flexibility index (Phi) is 3.19. The van der Waals surface area contributed by atoms with Crippen LogP contribution in [0.1, 0.15) is 24.3 Å². The molecule has 0 amide bonds. The lowest BCUT2D eigenvalue weighted by molar-refractivity contribution is 0.0515. The van der Waals surface area contributed by atoms with Gasteiger partial charge >= 0.3 is 0 Å². The topological polar surface area (TPSA) is 44.1 Å². The molecule has 1 rings (SSSR count). The Hall–Kier alpha value is -1.16. The maximum Gasteiger partial charge on any atom is 0.211 e. The van der Waals surface area contributed by atoms with Gasteiger partial charge in [-0.05, 0) is 19.9 Å². The van der Waals surface area contributed by atoms with Crippen molar-refractivity contribution in [1.82, 2.24) is 9.78 Å². The highest BCUT2D eigenvalue weighted by atomic mass is 16.5. The van der Waals surface area contributed by atoms with Gasteiger partial charge in [-0.15, -0.1) is 0 Å².